The van der Waals surface area contributed by atoms with E-state index in [0.717, 1.165) is 11.3 Å². The van der Waals surface area contributed by atoms with Crippen LogP contribution in [-0.4, -0.2) is 83.4 Å². The SMILES string of the molecule is CCO/N=C(/C(=O)NC1C(=O)N2C(C(=O)O)=C(CSc3cn[nH]n3)CSC12)c1csc(N)n1. The number of nitrogen functional groups attached to an aromatic ring is 1. The van der Waals surface area contributed by atoms with Gasteiger partial charge in [-0.3, -0.25) is 14.5 Å². The second-order valence-corrected chi connectivity index (χ2v) is 9.63. The number of carboxylic acids is 1. The summed E-state index contributed by atoms with van der Waals surface area (Å²) in [7, 11) is 0. The number of rotatable bonds is 9. The highest BCUT2D eigenvalue weighted by Gasteiger charge is 2.54. The number of oxime groups is 1. The standard InChI is InChI=1S/C17H18N8O5S3/c1-2-30-23-10(8-6-33-17(18)20-8)13(26)21-11-14(27)25-12(16(28)29)7(5-32-15(11)25)4-31-9-3-19-24-22-9/h3,6,11,15H,2,4-5H2,1H3,(H2,18,20)(H,21,26)(H,28,29)(H,19,22,24)/b23-10+. The Kier molecular flexibility index (Phi) is 6.85. The molecule has 0 aliphatic carbocycles. The van der Waals surface area contributed by atoms with Crippen LogP contribution in [0.4, 0.5) is 5.13 Å². The first-order valence-corrected chi connectivity index (χ1v) is 12.4. The van der Waals surface area contributed by atoms with E-state index in [9.17, 15) is 19.5 Å². The lowest BCUT2D eigenvalue weighted by Crippen LogP contribution is -2.71. The number of H-pyrrole nitrogens is 1. The number of amides is 2. The predicted molar refractivity (Wildman–Crippen MR) is 121 cm³/mol. The second kappa shape index (κ2) is 9.80. The summed E-state index contributed by atoms with van der Waals surface area (Å²) >= 11 is 3.82. The van der Waals surface area contributed by atoms with Crippen molar-refractivity contribution in [3.63, 3.8) is 0 Å². The molecule has 0 aromatic carbocycles. The highest BCUT2D eigenvalue weighted by Crippen LogP contribution is 2.41. The molecule has 2 aromatic rings. The summed E-state index contributed by atoms with van der Waals surface area (Å²) in [6, 6.07) is -0.913. The van der Waals surface area contributed by atoms with Crippen molar-refractivity contribution in [2.75, 3.05) is 23.8 Å². The Morgan fingerprint density at radius 3 is 2.97 bits per heavy atom. The zero-order valence-corrected chi connectivity index (χ0v) is 19.5. The van der Waals surface area contributed by atoms with Crippen molar-refractivity contribution < 1.29 is 24.3 Å². The number of nitrogens with one attached hydrogen (secondary N) is 2. The van der Waals surface area contributed by atoms with E-state index in [1.165, 1.54) is 34.6 Å². The number of β-lactam (4-membered cyclic amide) rings is 1. The molecule has 0 radical (unpaired) electrons. The molecule has 2 amide bonds. The van der Waals surface area contributed by atoms with Crippen LogP contribution < -0.4 is 11.1 Å². The van der Waals surface area contributed by atoms with Crippen LogP contribution in [0.2, 0.25) is 0 Å². The number of carbonyl (C=O) groups excluding carboxylic acids is 2. The van der Waals surface area contributed by atoms with E-state index in [4.69, 9.17) is 10.6 Å². The second-order valence-electron chi connectivity index (χ2n) is 6.64. The van der Waals surface area contributed by atoms with Crippen LogP contribution >= 0.6 is 34.9 Å². The predicted octanol–water partition coefficient (Wildman–Crippen LogP) is 0.115. The zero-order chi connectivity index (χ0) is 23.5. The Morgan fingerprint density at radius 2 is 2.33 bits per heavy atom. The van der Waals surface area contributed by atoms with Crippen molar-refractivity contribution in [1.82, 2.24) is 30.6 Å². The van der Waals surface area contributed by atoms with Crippen LogP contribution in [0, 0.1) is 0 Å². The van der Waals surface area contributed by atoms with Crippen LogP contribution in [0.1, 0.15) is 12.6 Å². The Morgan fingerprint density at radius 1 is 1.52 bits per heavy atom. The van der Waals surface area contributed by atoms with Gasteiger partial charge < -0.3 is 21.0 Å². The molecule has 0 saturated carbocycles. The number of thioether (sulfide) groups is 2. The summed E-state index contributed by atoms with van der Waals surface area (Å²) < 4.78 is 0. The third-order valence-electron chi connectivity index (χ3n) is 4.59. The molecule has 13 nitrogen and oxygen atoms in total. The first-order valence-electron chi connectivity index (χ1n) is 9.51. The lowest BCUT2D eigenvalue weighted by Gasteiger charge is -2.49. The molecular formula is C17H18N8O5S3. The van der Waals surface area contributed by atoms with Crippen LogP contribution in [0.15, 0.2) is 33.0 Å². The highest BCUT2D eigenvalue weighted by atomic mass is 32.2. The maximum Gasteiger partial charge on any atom is 0.352 e. The lowest BCUT2D eigenvalue weighted by atomic mass is 10.0. The number of anilines is 1. The van der Waals surface area contributed by atoms with Gasteiger partial charge in [-0.15, -0.1) is 28.2 Å². The minimum atomic E-state index is -1.20. The number of hydrogen-bond donors (Lipinski definition) is 4. The average molecular weight is 511 g/mol. The smallest absolute Gasteiger partial charge is 0.352 e. The summed E-state index contributed by atoms with van der Waals surface area (Å²) in [4.78, 5) is 48.0. The zero-order valence-electron chi connectivity index (χ0n) is 17.0. The number of fused-ring (bicyclic) bond motifs is 1. The molecule has 0 bridgehead atoms. The minimum Gasteiger partial charge on any atom is -0.477 e. The maximum absolute atomic E-state index is 12.9. The molecule has 4 heterocycles. The summed E-state index contributed by atoms with van der Waals surface area (Å²) in [5.41, 5.74) is 6.28. The molecule has 4 rings (SSSR count). The lowest BCUT2D eigenvalue weighted by molar-refractivity contribution is -0.150. The average Bonchev–Trinajstić information content (AvgIpc) is 3.47. The molecule has 1 saturated heterocycles. The van der Waals surface area contributed by atoms with Gasteiger partial charge in [-0.2, -0.15) is 10.3 Å². The Hall–Kier alpha value is -3.11. The normalized spacial score (nSPS) is 20.3. The number of aliphatic carboxylic acids is 1. The molecule has 2 aliphatic heterocycles. The van der Waals surface area contributed by atoms with Gasteiger partial charge in [0.25, 0.3) is 11.8 Å². The summed E-state index contributed by atoms with van der Waals surface area (Å²) in [6.07, 6.45) is 1.53. The van der Waals surface area contributed by atoms with Gasteiger partial charge in [-0.25, -0.2) is 9.78 Å². The summed E-state index contributed by atoms with van der Waals surface area (Å²) in [5.74, 6) is -1.66. The van der Waals surface area contributed by atoms with E-state index in [1.54, 1.807) is 12.3 Å². The van der Waals surface area contributed by atoms with E-state index < -0.39 is 29.2 Å². The van der Waals surface area contributed by atoms with Crippen molar-refractivity contribution in [1.29, 1.82) is 0 Å². The van der Waals surface area contributed by atoms with E-state index in [1.807, 2.05) is 0 Å². The third-order valence-corrected chi connectivity index (χ3v) is 7.59. The number of aromatic amines is 1. The molecule has 0 spiro atoms. The quantitative estimate of drug-likeness (QED) is 0.155. The fourth-order valence-electron chi connectivity index (χ4n) is 3.16. The van der Waals surface area contributed by atoms with E-state index in [2.05, 4.69) is 30.9 Å². The van der Waals surface area contributed by atoms with Crippen molar-refractivity contribution in [3.05, 3.63) is 28.5 Å². The van der Waals surface area contributed by atoms with Crippen molar-refractivity contribution in [3.8, 4) is 0 Å². The summed E-state index contributed by atoms with van der Waals surface area (Å²) in [5, 5.41) is 28.2. The van der Waals surface area contributed by atoms with Crippen molar-refractivity contribution in [2.24, 2.45) is 5.16 Å². The molecule has 5 N–H and O–H groups in total. The van der Waals surface area contributed by atoms with Gasteiger partial charge >= 0.3 is 5.97 Å². The van der Waals surface area contributed by atoms with Crippen molar-refractivity contribution >= 4 is 63.5 Å². The van der Waals surface area contributed by atoms with Gasteiger partial charge in [-0.1, -0.05) is 16.9 Å². The van der Waals surface area contributed by atoms with Crippen LogP contribution in [0.25, 0.3) is 0 Å². The maximum atomic E-state index is 12.9. The van der Waals surface area contributed by atoms with E-state index in [-0.39, 0.29) is 28.8 Å². The molecule has 2 aromatic heterocycles. The third kappa shape index (κ3) is 4.67. The number of nitrogens with zero attached hydrogens (tertiary/aromatic N) is 5. The number of hydrogen-bond acceptors (Lipinski definition) is 12. The van der Waals surface area contributed by atoms with Gasteiger partial charge in [-0.05, 0) is 12.5 Å². The van der Waals surface area contributed by atoms with Gasteiger partial charge in [0.1, 0.15) is 34.4 Å². The minimum absolute atomic E-state index is 0.0688. The molecule has 1 fully saturated rings. The van der Waals surface area contributed by atoms with Crippen LogP contribution in [-0.2, 0) is 19.2 Å². The summed E-state index contributed by atoms with van der Waals surface area (Å²) in [6.45, 7) is 1.94. The molecular weight excluding hydrogens is 492 g/mol. The fraction of sp³-hybridized carbons (Fsp3) is 0.353. The van der Waals surface area contributed by atoms with Gasteiger partial charge in [0.15, 0.2) is 10.8 Å². The van der Waals surface area contributed by atoms with Crippen LogP contribution in [0.3, 0.4) is 0 Å². The number of carbonyl (C=O) groups is 3. The Balaban J connectivity index is 1.49. The number of nitrogens with two attached hydrogens (primary N) is 1. The first kappa shape index (κ1) is 23.1. The fourth-order valence-corrected chi connectivity index (χ4v) is 5.97. The molecule has 33 heavy (non-hydrogen) atoms. The number of carboxylic acid groups (broad SMARTS) is 1. The highest BCUT2D eigenvalue weighted by molar-refractivity contribution is 8.01. The molecule has 16 heteroatoms. The first-order chi connectivity index (χ1) is 15.9. The Labute approximate surface area is 199 Å². The molecule has 2 atom stereocenters. The van der Waals surface area contributed by atoms with Gasteiger partial charge in [0.05, 0.1) is 6.20 Å². The molecule has 2 unspecified atom stereocenters. The van der Waals surface area contributed by atoms with E-state index in [0.29, 0.717) is 22.1 Å². The number of thiazole rings is 1. The van der Waals surface area contributed by atoms with Crippen LogP contribution in [0.5, 0.6) is 0 Å². The van der Waals surface area contributed by atoms with Gasteiger partial charge in [0, 0.05) is 16.9 Å². The topological polar surface area (TPSA) is 189 Å². The Bertz CT molecular complexity index is 1130. The largest absolute Gasteiger partial charge is 0.477 e. The molecule has 174 valence electrons. The van der Waals surface area contributed by atoms with E-state index >= 15 is 0 Å². The number of aromatic nitrogens is 4. The van der Waals surface area contributed by atoms with Gasteiger partial charge in [0.2, 0.25) is 0 Å². The van der Waals surface area contributed by atoms with Crippen molar-refractivity contribution in [2.45, 2.75) is 23.4 Å². The monoisotopic (exact) mass is 510 g/mol. The molecule has 2 aliphatic rings.